The molecule has 0 spiro atoms. The van der Waals surface area contributed by atoms with Crippen molar-refractivity contribution in [1.29, 1.82) is 0 Å². The molecule has 2 heterocycles. The Morgan fingerprint density at radius 1 is 1.53 bits per heavy atom. The van der Waals surface area contributed by atoms with Gasteiger partial charge in [0.2, 0.25) is 0 Å². The van der Waals surface area contributed by atoms with Gasteiger partial charge < -0.3 is 10.3 Å². The number of rotatable bonds is 3. The molecule has 0 bridgehead atoms. The zero-order valence-electron chi connectivity index (χ0n) is 8.87. The van der Waals surface area contributed by atoms with Crippen LogP contribution in [0.15, 0.2) is 10.7 Å². The number of aryl methyl sites for hydroxylation is 1. The number of anilines is 1. The van der Waals surface area contributed by atoms with Crippen LogP contribution in [0, 0.1) is 6.92 Å². The average molecular weight is 206 g/mol. The van der Waals surface area contributed by atoms with Gasteiger partial charge in [-0.1, -0.05) is 18.5 Å². The van der Waals surface area contributed by atoms with E-state index < -0.39 is 0 Å². The molecule has 15 heavy (non-hydrogen) atoms. The summed E-state index contributed by atoms with van der Waals surface area (Å²) in [4.78, 5) is 0. The van der Waals surface area contributed by atoms with E-state index in [1.807, 2.05) is 6.92 Å². The normalized spacial score (nSPS) is 10.8. The fourth-order valence-electron chi connectivity index (χ4n) is 1.60. The van der Waals surface area contributed by atoms with Gasteiger partial charge in [0, 0.05) is 11.3 Å². The Hall–Kier alpha value is -1.78. The maximum atomic E-state index is 5.75. The van der Waals surface area contributed by atoms with E-state index in [4.69, 9.17) is 10.3 Å². The van der Waals surface area contributed by atoms with Crippen molar-refractivity contribution in [2.75, 3.05) is 5.73 Å². The number of nitrogen functional groups attached to an aromatic ring is 1. The van der Waals surface area contributed by atoms with Gasteiger partial charge in [-0.15, -0.1) is 0 Å². The molecule has 0 radical (unpaired) electrons. The lowest BCUT2D eigenvalue weighted by molar-refractivity contribution is 0.434. The van der Waals surface area contributed by atoms with E-state index in [0.29, 0.717) is 5.82 Å². The second-order valence-electron chi connectivity index (χ2n) is 3.53. The monoisotopic (exact) mass is 206 g/mol. The highest BCUT2D eigenvalue weighted by Crippen LogP contribution is 2.29. The molecule has 0 saturated heterocycles. The summed E-state index contributed by atoms with van der Waals surface area (Å²) in [7, 11) is 0. The SMILES string of the molecule is CCCc1c(N)noc1-c1cn[nH]c1C. The standard InChI is InChI=1S/C10H14N4O/c1-3-4-7-9(15-14-10(7)11)8-5-12-13-6(8)2/h5H,3-4H2,1-2H3,(H2,11,14)(H,12,13). The summed E-state index contributed by atoms with van der Waals surface area (Å²) in [6.07, 6.45) is 3.61. The van der Waals surface area contributed by atoms with Gasteiger partial charge in [0.25, 0.3) is 0 Å². The minimum absolute atomic E-state index is 0.479. The van der Waals surface area contributed by atoms with Gasteiger partial charge in [-0.25, -0.2) is 0 Å². The van der Waals surface area contributed by atoms with Crippen molar-refractivity contribution in [3.63, 3.8) is 0 Å². The van der Waals surface area contributed by atoms with Crippen molar-refractivity contribution in [2.45, 2.75) is 26.7 Å². The highest BCUT2D eigenvalue weighted by molar-refractivity contribution is 5.67. The Kier molecular flexibility index (Phi) is 2.45. The molecule has 0 amide bonds. The van der Waals surface area contributed by atoms with Crippen LogP contribution in [0.3, 0.4) is 0 Å². The van der Waals surface area contributed by atoms with Gasteiger partial charge in [0.1, 0.15) is 0 Å². The number of hydrogen-bond donors (Lipinski definition) is 2. The van der Waals surface area contributed by atoms with Gasteiger partial charge in [-0.05, 0) is 13.3 Å². The molecule has 0 aromatic carbocycles. The van der Waals surface area contributed by atoms with E-state index in [1.165, 1.54) is 0 Å². The summed E-state index contributed by atoms with van der Waals surface area (Å²) >= 11 is 0. The summed E-state index contributed by atoms with van der Waals surface area (Å²) < 4.78 is 5.24. The summed E-state index contributed by atoms with van der Waals surface area (Å²) in [5, 5.41) is 10.6. The van der Waals surface area contributed by atoms with Crippen molar-refractivity contribution in [3.05, 3.63) is 17.5 Å². The first kappa shape index (κ1) is 9.76. The molecule has 80 valence electrons. The summed E-state index contributed by atoms with van der Waals surface area (Å²) in [6.45, 7) is 4.04. The summed E-state index contributed by atoms with van der Waals surface area (Å²) in [5.41, 5.74) is 8.62. The van der Waals surface area contributed by atoms with Gasteiger partial charge >= 0.3 is 0 Å². The van der Waals surface area contributed by atoms with Crippen molar-refractivity contribution >= 4 is 5.82 Å². The Bertz CT molecular complexity index is 458. The number of H-pyrrole nitrogens is 1. The van der Waals surface area contributed by atoms with Crippen LogP contribution in [0.2, 0.25) is 0 Å². The molecule has 0 aliphatic carbocycles. The molecule has 3 N–H and O–H groups in total. The van der Waals surface area contributed by atoms with Gasteiger partial charge in [-0.2, -0.15) is 5.10 Å². The topological polar surface area (TPSA) is 80.7 Å². The van der Waals surface area contributed by atoms with Crippen LogP contribution in [-0.4, -0.2) is 15.4 Å². The highest BCUT2D eigenvalue weighted by atomic mass is 16.5. The third-order valence-electron chi connectivity index (χ3n) is 2.39. The predicted octanol–water partition coefficient (Wildman–Crippen LogP) is 1.91. The predicted molar refractivity (Wildman–Crippen MR) is 57.2 cm³/mol. The van der Waals surface area contributed by atoms with E-state index in [9.17, 15) is 0 Å². The number of aromatic nitrogens is 3. The Morgan fingerprint density at radius 2 is 2.33 bits per heavy atom. The minimum Gasteiger partial charge on any atom is -0.381 e. The Labute approximate surface area is 87.7 Å². The van der Waals surface area contributed by atoms with E-state index in [1.54, 1.807) is 6.20 Å². The van der Waals surface area contributed by atoms with Gasteiger partial charge in [-0.3, -0.25) is 5.10 Å². The molecule has 5 nitrogen and oxygen atoms in total. The molecule has 2 rings (SSSR count). The lowest BCUT2D eigenvalue weighted by Crippen LogP contribution is -1.92. The fraction of sp³-hybridized carbons (Fsp3) is 0.400. The zero-order valence-corrected chi connectivity index (χ0v) is 8.87. The molecule has 0 unspecified atom stereocenters. The minimum atomic E-state index is 0.479. The molecule has 0 saturated carbocycles. The fourth-order valence-corrected chi connectivity index (χ4v) is 1.60. The quantitative estimate of drug-likeness (QED) is 0.803. The van der Waals surface area contributed by atoms with Crippen LogP contribution >= 0.6 is 0 Å². The Morgan fingerprint density at radius 3 is 2.93 bits per heavy atom. The molecule has 0 aliphatic heterocycles. The van der Waals surface area contributed by atoms with Crippen molar-refractivity contribution in [1.82, 2.24) is 15.4 Å². The first-order chi connectivity index (χ1) is 7.24. The van der Waals surface area contributed by atoms with Gasteiger partial charge in [0.05, 0.1) is 11.8 Å². The van der Waals surface area contributed by atoms with Crippen LogP contribution in [0.25, 0.3) is 11.3 Å². The second-order valence-corrected chi connectivity index (χ2v) is 3.53. The zero-order chi connectivity index (χ0) is 10.8. The smallest absolute Gasteiger partial charge is 0.175 e. The number of nitrogens with two attached hydrogens (primary N) is 1. The number of hydrogen-bond acceptors (Lipinski definition) is 4. The molecule has 0 aliphatic rings. The lowest BCUT2D eigenvalue weighted by atomic mass is 10.1. The molecule has 2 aromatic heterocycles. The maximum absolute atomic E-state index is 5.75. The van der Waals surface area contributed by atoms with Crippen LogP contribution in [0.5, 0.6) is 0 Å². The van der Waals surface area contributed by atoms with Crippen LogP contribution in [0.1, 0.15) is 24.6 Å². The van der Waals surface area contributed by atoms with Crippen molar-refractivity contribution < 1.29 is 4.52 Å². The largest absolute Gasteiger partial charge is 0.381 e. The van der Waals surface area contributed by atoms with E-state index >= 15 is 0 Å². The molecular weight excluding hydrogens is 192 g/mol. The molecule has 5 heteroatoms. The van der Waals surface area contributed by atoms with Crippen molar-refractivity contribution in [3.8, 4) is 11.3 Å². The first-order valence-electron chi connectivity index (χ1n) is 4.98. The number of aromatic amines is 1. The number of nitrogens with one attached hydrogen (secondary N) is 1. The van der Waals surface area contributed by atoms with Crippen LogP contribution in [-0.2, 0) is 6.42 Å². The second kappa shape index (κ2) is 3.76. The number of nitrogens with zero attached hydrogens (tertiary/aromatic N) is 2. The van der Waals surface area contributed by atoms with Crippen LogP contribution < -0.4 is 5.73 Å². The molecule has 0 fully saturated rings. The maximum Gasteiger partial charge on any atom is 0.175 e. The molecule has 0 atom stereocenters. The third-order valence-corrected chi connectivity index (χ3v) is 2.39. The third kappa shape index (κ3) is 1.60. The highest BCUT2D eigenvalue weighted by Gasteiger charge is 2.17. The summed E-state index contributed by atoms with van der Waals surface area (Å²) in [6, 6.07) is 0. The lowest BCUT2D eigenvalue weighted by Gasteiger charge is -1.98. The Balaban J connectivity index is 2.49. The first-order valence-corrected chi connectivity index (χ1v) is 4.98. The summed E-state index contributed by atoms with van der Waals surface area (Å²) in [5.74, 6) is 1.22. The van der Waals surface area contributed by atoms with Gasteiger partial charge in [0.15, 0.2) is 11.6 Å². The molecular formula is C10H14N4O. The average Bonchev–Trinajstić information content (AvgIpc) is 2.76. The van der Waals surface area contributed by atoms with E-state index in [2.05, 4.69) is 22.3 Å². The van der Waals surface area contributed by atoms with Crippen molar-refractivity contribution in [2.24, 2.45) is 0 Å². The van der Waals surface area contributed by atoms with E-state index in [0.717, 1.165) is 35.4 Å². The van der Waals surface area contributed by atoms with Crippen LogP contribution in [0.4, 0.5) is 5.82 Å². The van der Waals surface area contributed by atoms with E-state index in [-0.39, 0.29) is 0 Å². The molecule has 2 aromatic rings.